The zero-order valence-corrected chi connectivity index (χ0v) is 13.3. The lowest BCUT2D eigenvalue weighted by atomic mass is 10.1. The summed E-state index contributed by atoms with van der Waals surface area (Å²) < 4.78 is 0. The number of nitrogens with one attached hydrogen (secondary N) is 1. The minimum atomic E-state index is 0.421. The molecule has 0 aromatic carbocycles. The van der Waals surface area contributed by atoms with Crippen LogP contribution in [0.4, 0.5) is 11.4 Å². The monoisotopic (exact) mass is 298 g/mol. The Morgan fingerprint density at radius 2 is 2.10 bits per heavy atom. The number of rotatable bonds is 4. The second-order valence-electron chi connectivity index (χ2n) is 5.38. The van der Waals surface area contributed by atoms with Crippen LogP contribution in [0.1, 0.15) is 30.7 Å². The van der Waals surface area contributed by atoms with E-state index >= 15 is 0 Å². The van der Waals surface area contributed by atoms with Gasteiger partial charge in [-0.2, -0.15) is 5.26 Å². The Balaban J connectivity index is 2.29. The first-order chi connectivity index (χ1) is 10.0. The molecular formula is C16H18N4S. The van der Waals surface area contributed by atoms with Gasteiger partial charge in [-0.15, -0.1) is 12.6 Å². The lowest BCUT2D eigenvalue weighted by Crippen LogP contribution is -2.02. The molecule has 0 bridgehead atoms. The van der Waals surface area contributed by atoms with E-state index < -0.39 is 0 Å². The van der Waals surface area contributed by atoms with Gasteiger partial charge in [0.2, 0.25) is 0 Å². The summed E-state index contributed by atoms with van der Waals surface area (Å²) in [5, 5.41) is 12.9. The van der Waals surface area contributed by atoms with Crippen LogP contribution in [0.3, 0.4) is 0 Å². The lowest BCUT2D eigenvalue weighted by Gasteiger charge is -2.13. The number of nitrogens with zero attached hydrogens (tertiary/aromatic N) is 3. The maximum atomic E-state index is 9.20. The van der Waals surface area contributed by atoms with Crippen LogP contribution in [0.2, 0.25) is 0 Å². The highest BCUT2D eigenvalue weighted by Gasteiger charge is 2.09. The highest BCUT2D eigenvalue weighted by atomic mass is 32.1. The number of aryl methyl sites for hydroxylation is 1. The fourth-order valence-corrected chi connectivity index (χ4v) is 2.32. The quantitative estimate of drug-likeness (QED) is 0.841. The van der Waals surface area contributed by atoms with Gasteiger partial charge in [-0.3, -0.25) is 4.98 Å². The van der Waals surface area contributed by atoms with Gasteiger partial charge in [0.1, 0.15) is 16.7 Å². The largest absolute Gasteiger partial charge is 0.353 e. The standard InChI is InChI=1S/C16H18N4S/c1-10(2)6-12-7-11(3)15(9-19-12)20-14-4-5-18-16(21)13(14)8-17/h4-5,7,9-10H,6H2,1-3H3,(H2,18,20,21). The van der Waals surface area contributed by atoms with E-state index in [1.807, 2.05) is 13.1 Å². The van der Waals surface area contributed by atoms with E-state index in [2.05, 4.69) is 53.9 Å². The van der Waals surface area contributed by atoms with Crippen molar-refractivity contribution >= 4 is 24.0 Å². The van der Waals surface area contributed by atoms with Gasteiger partial charge in [0.05, 0.1) is 17.6 Å². The van der Waals surface area contributed by atoms with Crippen LogP contribution < -0.4 is 5.32 Å². The van der Waals surface area contributed by atoms with E-state index in [1.54, 1.807) is 12.3 Å². The molecule has 0 unspecified atom stereocenters. The number of nitriles is 1. The number of aromatic nitrogens is 2. The van der Waals surface area contributed by atoms with Crippen LogP contribution in [-0.2, 0) is 6.42 Å². The topological polar surface area (TPSA) is 61.6 Å². The molecule has 2 heterocycles. The van der Waals surface area contributed by atoms with Gasteiger partial charge in [0.15, 0.2) is 0 Å². The molecule has 108 valence electrons. The molecule has 2 aromatic heterocycles. The normalized spacial score (nSPS) is 10.5. The molecule has 0 aliphatic rings. The van der Waals surface area contributed by atoms with Gasteiger partial charge < -0.3 is 5.32 Å². The number of pyridine rings is 2. The average molecular weight is 298 g/mol. The second-order valence-corrected chi connectivity index (χ2v) is 5.81. The second kappa shape index (κ2) is 6.59. The summed E-state index contributed by atoms with van der Waals surface area (Å²) in [4.78, 5) is 8.48. The third-order valence-electron chi connectivity index (χ3n) is 3.10. The van der Waals surface area contributed by atoms with Crippen LogP contribution in [0, 0.1) is 24.2 Å². The third-order valence-corrected chi connectivity index (χ3v) is 3.44. The molecule has 21 heavy (non-hydrogen) atoms. The van der Waals surface area contributed by atoms with Crippen molar-refractivity contribution in [2.75, 3.05) is 5.32 Å². The molecule has 0 amide bonds. The number of thiol groups is 1. The molecule has 0 radical (unpaired) electrons. The van der Waals surface area contributed by atoms with Crippen molar-refractivity contribution in [3.05, 3.63) is 41.3 Å². The molecule has 0 fully saturated rings. The molecule has 0 spiro atoms. The van der Waals surface area contributed by atoms with E-state index in [1.165, 1.54) is 0 Å². The van der Waals surface area contributed by atoms with E-state index in [0.717, 1.165) is 23.4 Å². The van der Waals surface area contributed by atoms with Crippen molar-refractivity contribution < 1.29 is 0 Å². The zero-order valence-electron chi connectivity index (χ0n) is 12.4. The van der Waals surface area contributed by atoms with Gasteiger partial charge in [-0.05, 0) is 37.0 Å². The Morgan fingerprint density at radius 3 is 2.71 bits per heavy atom. The van der Waals surface area contributed by atoms with Crippen LogP contribution in [0.5, 0.6) is 0 Å². The number of hydrogen-bond acceptors (Lipinski definition) is 5. The van der Waals surface area contributed by atoms with Gasteiger partial charge in [-0.1, -0.05) is 13.8 Å². The first-order valence-corrected chi connectivity index (χ1v) is 7.26. The van der Waals surface area contributed by atoms with Crippen molar-refractivity contribution in [2.24, 2.45) is 5.92 Å². The van der Waals surface area contributed by atoms with E-state index in [9.17, 15) is 5.26 Å². The van der Waals surface area contributed by atoms with E-state index in [-0.39, 0.29) is 0 Å². The summed E-state index contributed by atoms with van der Waals surface area (Å²) in [5.74, 6) is 0.577. The number of anilines is 2. The SMILES string of the molecule is Cc1cc(CC(C)C)ncc1Nc1ccnc(S)c1C#N. The maximum Gasteiger partial charge on any atom is 0.113 e. The molecular weight excluding hydrogens is 280 g/mol. The van der Waals surface area contributed by atoms with Crippen molar-refractivity contribution in [1.82, 2.24) is 9.97 Å². The summed E-state index contributed by atoms with van der Waals surface area (Å²) >= 11 is 4.20. The van der Waals surface area contributed by atoms with Gasteiger partial charge >= 0.3 is 0 Å². The molecule has 0 saturated carbocycles. The third kappa shape index (κ3) is 3.73. The zero-order chi connectivity index (χ0) is 15.4. The lowest BCUT2D eigenvalue weighted by molar-refractivity contribution is 0.635. The molecule has 0 atom stereocenters. The maximum absolute atomic E-state index is 9.20. The van der Waals surface area contributed by atoms with Crippen LogP contribution in [0.25, 0.3) is 0 Å². The fourth-order valence-electron chi connectivity index (χ4n) is 2.09. The summed E-state index contributed by atoms with van der Waals surface area (Å²) in [5.41, 5.74) is 4.20. The van der Waals surface area contributed by atoms with Crippen LogP contribution in [-0.4, -0.2) is 9.97 Å². The molecule has 0 aliphatic heterocycles. The predicted molar refractivity (Wildman–Crippen MR) is 87.0 cm³/mol. The highest BCUT2D eigenvalue weighted by Crippen LogP contribution is 2.25. The Bertz CT molecular complexity index is 689. The molecule has 0 saturated heterocycles. The molecule has 0 aliphatic carbocycles. The van der Waals surface area contributed by atoms with Crippen molar-refractivity contribution in [3.8, 4) is 6.07 Å². The van der Waals surface area contributed by atoms with Crippen molar-refractivity contribution in [2.45, 2.75) is 32.2 Å². The van der Waals surface area contributed by atoms with Crippen LogP contribution >= 0.6 is 12.6 Å². The van der Waals surface area contributed by atoms with E-state index in [0.29, 0.717) is 22.2 Å². The summed E-state index contributed by atoms with van der Waals surface area (Å²) in [6, 6.07) is 5.96. The van der Waals surface area contributed by atoms with Gasteiger partial charge in [-0.25, -0.2) is 4.98 Å². The summed E-state index contributed by atoms with van der Waals surface area (Å²) in [6.45, 7) is 6.38. The molecule has 4 nitrogen and oxygen atoms in total. The Hall–Kier alpha value is -2.06. The molecule has 1 N–H and O–H groups in total. The van der Waals surface area contributed by atoms with Crippen LogP contribution in [0.15, 0.2) is 29.6 Å². The van der Waals surface area contributed by atoms with E-state index in [4.69, 9.17) is 0 Å². The molecule has 2 rings (SSSR count). The Morgan fingerprint density at radius 1 is 1.33 bits per heavy atom. The molecule has 2 aromatic rings. The van der Waals surface area contributed by atoms with Crippen molar-refractivity contribution in [3.63, 3.8) is 0 Å². The van der Waals surface area contributed by atoms with Gasteiger partial charge in [0, 0.05) is 11.9 Å². The Labute approximate surface area is 130 Å². The minimum absolute atomic E-state index is 0.421. The first-order valence-electron chi connectivity index (χ1n) is 6.82. The summed E-state index contributed by atoms with van der Waals surface area (Å²) in [7, 11) is 0. The first kappa shape index (κ1) is 15.3. The predicted octanol–water partition coefficient (Wildman–Crippen LogP) is 3.89. The highest BCUT2D eigenvalue weighted by molar-refractivity contribution is 7.80. The average Bonchev–Trinajstić information content (AvgIpc) is 2.41. The summed E-state index contributed by atoms with van der Waals surface area (Å²) in [6.07, 6.45) is 4.40. The molecule has 5 heteroatoms. The number of hydrogen-bond donors (Lipinski definition) is 2. The van der Waals surface area contributed by atoms with Crippen molar-refractivity contribution in [1.29, 1.82) is 5.26 Å². The fraction of sp³-hybridized carbons (Fsp3) is 0.312. The minimum Gasteiger partial charge on any atom is -0.353 e. The van der Waals surface area contributed by atoms with Gasteiger partial charge in [0.25, 0.3) is 0 Å². The Kier molecular flexibility index (Phi) is 4.81. The smallest absolute Gasteiger partial charge is 0.113 e.